The van der Waals surface area contributed by atoms with Crippen molar-refractivity contribution in [1.29, 1.82) is 0 Å². The Bertz CT molecular complexity index is 924. The molecular weight excluding hydrogens is 324 g/mol. The minimum absolute atomic E-state index is 0.120. The zero-order valence-electron chi connectivity index (χ0n) is 14.6. The number of carbonyl (C=O) groups excluding carboxylic acids is 1. The average molecular weight is 344 g/mol. The van der Waals surface area contributed by atoms with Crippen LogP contribution < -0.4 is 15.0 Å². The standard InChI is InChI=1S/C22H20N2O2/c1-16-15-17-9-5-7-13-20(17)24(16)22(25)23-19-12-6-8-14-21(19)26-18-10-3-2-4-11-18/h2-14,16H,15H2,1H3,(H,23,25). The van der Waals surface area contributed by atoms with E-state index in [1.165, 1.54) is 5.56 Å². The van der Waals surface area contributed by atoms with Crippen molar-refractivity contribution in [3.63, 3.8) is 0 Å². The van der Waals surface area contributed by atoms with Gasteiger partial charge >= 0.3 is 6.03 Å². The molecule has 1 atom stereocenters. The highest BCUT2D eigenvalue weighted by molar-refractivity contribution is 6.04. The normalized spacial score (nSPS) is 15.4. The number of benzene rings is 3. The Morgan fingerprint density at radius 2 is 1.65 bits per heavy atom. The van der Waals surface area contributed by atoms with Crippen molar-refractivity contribution in [2.75, 3.05) is 10.2 Å². The van der Waals surface area contributed by atoms with Crippen molar-refractivity contribution in [1.82, 2.24) is 0 Å². The van der Waals surface area contributed by atoms with Gasteiger partial charge in [0.25, 0.3) is 0 Å². The molecule has 0 saturated heterocycles. The van der Waals surface area contributed by atoms with E-state index in [1.807, 2.05) is 77.7 Å². The number of para-hydroxylation sites is 4. The minimum Gasteiger partial charge on any atom is -0.455 e. The maximum Gasteiger partial charge on any atom is 0.326 e. The van der Waals surface area contributed by atoms with Crippen molar-refractivity contribution < 1.29 is 9.53 Å². The molecular formula is C22H20N2O2. The van der Waals surface area contributed by atoms with Crippen LogP contribution in [0.4, 0.5) is 16.2 Å². The first-order chi connectivity index (χ1) is 12.7. The van der Waals surface area contributed by atoms with Gasteiger partial charge < -0.3 is 10.1 Å². The van der Waals surface area contributed by atoms with Crippen LogP contribution in [0.25, 0.3) is 0 Å². The molecule has 1 unspecified atom stereocenters. The van der Waals surface area contributed by atoms with Crippen LogP contribution in [0.5, 0.6) is 11.5 Å². The van der Waals surface area contributed by atoms with Crippen molar-refractivity contribution in [3.05, 3.63) is 84.4 Å². The van der Waals surface area contributed by atoms with Crippen LogP contribution in [-0.4, -0.2) is 12.1 Å². The van der Waals surface area contributed by atoms with Gasteiger partial charge in [-0.1, -0.05) is 48.5 Å². The van der Waals surface area contributed by atoms with E-state index in [9.17, 15) is 4.79 Å². The highest BCUT2D eigenvalue weighted by Gasteiger charge is 2.30. The number of rotatable bonds is 3. The molecule has 0 aromatic heterocycles. The van der Waals surface area contributed by atoms with Gasteiger partial charge in [0.2, 0.25) is 0 Å². The van der Waals surface area contributed by atoms with E-state index in [1.54, 1.807) is 0 Å². The molecule has 2 amide bonds. The molecule has 4 nitrogen and oxygen atoms in total. The second-order valence-corrected chi connectivity index (χ2v) is 6.39. The molecule has 130 valence electrons. The Balaban J connectivity index is 1.57. The van der Waals surface area contributed by atoms with Crippen LogP contribution in [0.2, 0.25) is 0 Å². The molecule has 1 aliphatic heterocycles. The molecule has 1 N–H and O–H groups in total. The monoisotopic (exact) mass is 344 g/mol. The van der Waals surface area contributed by atoms with E-state index in [4.69, 9.17) is 4.74 Å². The molecule has 26 heavy (non-hydrogen) atoms. The smallest absolute Gasteiger partial charge is 0.326 e. The molecule has 0 saturated carbocycles. The van der Waals surface area contributed by atoms with E-state index >= 15 is 0 Å². The number of nitrogens with one attached hydrogen (secondary N) is 1. The molecule has 1 aliphatic rings. The molecule has 4 rings (SSSR count). The van der Waals surface area contributed by atoms with E-state index in [2.05, 4.69) is 18.3 Å². The summed E-state index contributed by atoms with van der Waals surface area (Å²) >= 11 is 0. The molecule has 4 heteroatoms. The molecule has 3 aromatic carbocycles. The lowest BCUT2D eigenvalue weighted by Crippen LogP contribution is -2.39. The zero-order chi connectivity index (χ0) is 17.9. The van der Waals surface area contributed by atoms with Gasteiger partial charge in [0.05, 0.1) is 5.69 Å². The third-order valence-corrected chi connectivity index (χ3v) is 4.53. The maximum absolute atomic E-state index is 13.0. The molecule has 0 fully saturated rings. The summed E-state index contributed by atoms with van der Waals surface area (Å²) in [5, 5.41) is 3.01. The fourth-order valence-electron chi connectivity index (χ4n) is 3.32. The van der Waals surface area contributed by atoms with Gasteiger partial charge in [-0.25, -0.2) is 4.79 Å². The van der Waals surface area contributed by atoms with Crippen LogP contribution in [-0.2, 0) is 6.42 Å². The predicted molar refractivity (Wildman–Crippen MR) is 104 cm³/mol. The van der Waals surface area contributed by atoms with Gasteiger partial charge in [0.1, 0.15) is 5.75 Å². The van der Waals surface area contributed by atoms with Crippen LogP contribution in [0.1, 0.15) is 12.5 Å². The van der Waals surface area contributed by atoms with Gasteiger partial charge in [-0.15, -0.1) is 0 Å². The van der Waals surface area contributed by atoms with E-state index in [0.29, 0.717) is 11.4 Å². The second kappa shape index (κ2) is 6.92. The lowest BCUT2D eigenvalue weighted by Gasteiger charge is -2.23. The number of hydrogen-bond acceptors (Lipinski definition) is 2. The number of carbonyl (C=O) groups is 1. The van der Waals surface area contributed by atoms with Gasteiger partial charge in [0.15, 0.2) is 5.75 Å². The molecule has 0 aliphatic carbocycles. The molecule has 0 spiro atoms. The van der Waals surface area contributed by atoms with Crippen LogP contribution in [0.3, 0.4) is 0 Å². The first-order valence-corrected chi connectivity index (χ1v) is 8.72. The maximum atomic E-state index is 13.0. The SMILES string of the molecule is CC1Cc2ccccc2N1C(=O)Nc1ccccc1Oc1ccccc1. The summed E-state index contributed by atoms with van der Waals surface area (Å²) in [6.45, 7) is 2.06. The topological polar surface area (TPSA) is 41.6 Å². The quantitative estimate of drug-likeness (QED) is 0.685. The largest absolute Gasteiger partial charge is 0.455 e. The zero-order valence-corrected chi connectivity index (χ0v) is 14.6. The third-order valence-electron chi connectivity index (χ3n) is 4.53. The van der Waals surface area contributed by atoms with Gasteiger partial charge in [-0.3, -0.25) is 4.90 Å². The Kier molecular flexibility index (Phi) is 4.32. The summed E-state index contributed by atoms with van der Waals surface area (Å²) in [5.41, 5.74) is 2.82. The van der Waals surface area contributed by atoms with Crippen molar-refractivity contribution in [2.24, 2.45) is 0 Å². The van der Waals surface area contributed by atoms with E-state index < -0.39 is 0 Å². The Morgan fingerprint density at radius 3 is 2.50 bits per heavy atom. The van der Waals surface area contributed by atoms with Crippen LogP contribution in [0.15, 0.2) is 78.9 Å². The minimum atomic E-state index is -0.147. The van der Waals surface area contributed by atoms with Crippen molar-refractivity contribution in [3.8, 4) is 11.5 Å². The summed E-state index contributed by atoms with van der Waals surface area (Å²) in [4.78, 5) is 14.8. The number of urea groups is 1. The first kappa shape index (κ1) is 16.2. The van der Waals surface area contributed by atoms with Gasteiger partial charge in [-0.05, 0) is 49.2 Å². The first-order valence-electron chi connectivity index (χ1n) is 8.72. The number of nitrogens with zero attached hydrogens (tertiary/aromatic N) is 1. The third kappa shape index (κ3) is 3.14. The van der Waals surface area contributed by atoms with E-state index in [-0.39, 0.29) is 12.1 Å². The number of amides is 2. The Labute approximate surface area is 153 Å². The Hall–Kier alpha value is -3.27. The fraction of sp³-hybridized carbons (Fsp3) is 0.136. The summed E-state index contributed by atoms with van der Waals surface area (Å²) in [6.07, 6.45) is 0.867. The lowest BCUT2D eigenvalue weighted by molar-refractivity contribution is 0.255. The average Bonchev–Trinajstić information content (AvgIpc) is 3.00. The van der Waals surface area contributed by atoms with Gasteiger partial charge in [-0.2, -0.15) is 0 Å². The summed E-state index contributed by atoms with van der Waals surface area (Å²) in [6, 6.07) is 25.0. The number of hydrogen-bond donors (Lipinski definition) is 1. The molecule has 0 bridgehead atoms. The number of fused-ring (bicyclic) bond motifs is 1. The van der Waals surface area contributed by atoms with Crippen LogP contribution >= 0.6 is 0 Å². The summed E-state index contributed by atoms with van der Waals surface area (Å²) in [7, 11) is 0. The second-order valence-electron chi connectivity index (χ2n) is 6.39. The van der Waals surface area contributed by atoms with Crippen LogP contribution in [0, 0.1) is 0 Å². The molecule has 1 heterocycles. The molecule has 0 radical (unpaired) electrons. The predicted octanol–water partition coefficient (Wildman–Crippen LogP) is 5.46. The lowest BCUT2D eigenvalue weighted by atomic mass is 10.1. The van der Waals surface area contributed by atoms with Crippen molar-refractivity contribution in [2.45, 2.75) is 19.4 Å². The highest BCUT2D eigenvalue weighted by atomic mass is 16.5. The number of anilines is 2. The number of ether oxygens (including phenoxy) is 1. The van der Waals surface area contributed by atoms with E-state index in [0.717, 1.165) is 17.9 Å². The Morgan fingerprint density at radius 1 is 0.962 bits per heavy atom. The highest BCUT2D eigenvalue weighted by Crippen LogP contribution is 2.34. The fourth-order valence-corrected chi connectivity index (χ4v) is 3.32. The molecule has 3 aromatic rings. The summed E-state index contributed by atoms with van der Waals surface area (Å²) in [5.74, 6) is 1.35. The summed E-state index contributed by atoms with van der Waals surface area (Å²) < 4.78 is 5.94. The van der Waals surface area contributed by atoms with Gasteiger partial charge in [0, 0.05) is 11.7 Å². The van der Waals surface area contributed by atoms with Crippen molar-refractivity contribution >= 4 is 17.4 Å².